The molecular weight excluding hydrogens is 346 g/mol. The third kappa shape index (κ3) is 3.78. The zero-order valence-electron chi connectivity index (χ0n) is 16.3. The number of carbonyl (C=O) groups excluding carboxylic acids is 2. The van der Waals surface area contributed by atoms with E-state index < -0.39 is 5.97 Å². The highest BCUT2D eigenvalue weighted by Crippen LogP contribution is 2.36. The molecule has 7 nitrogen and oxygen atoms in total. The van der Waals surface area contributed by atoms with Crippen molar-refractivity contribution in [3.05, 3.63) is 23.9 Å². The van der Waals surface area contributed by atoms with Crippen LogP contribution in [0, 0.1) is 5.92 Å². The Labute approximate surface area is 159 Å². The molecule has 2 atom stereocenters. The molecule has 1 aliphatic rings. The van der Waals surface area contributed by atoms with Gasteiger partial charge in [-0.3, -0.25) is 9.69 Å². The molecule has 0 spiro atoms. The lowest BCUT2D eigenvalue weighted by Gasteiger charge is -2.34. The predicted octanol–water partition coefficient (Wildman–Crippen LogP) is 3.02. The van der Waals surface area contributed by atoms with Crippen LogP contribution in [-0.4, -0.2) is 55.1 Å². The van der Waals surface area contributed by atoms with Gasteiger partial charge in [-0.25, -0.2) is 4.79 Å². The van der Waals surface area contributed by atoms with Crippen LogP contribution in [-0.2, 0) is 9.53 Å². The zero-order valence-corrected chi connectivity index (χ0v) is 16.3. The Kier molecular flexibility index (Phi) is 5.70. The second-order valence-corrected chi connectivity index (χ2v) is 7.16. The van der Waals surface area contributed by atoms with Crippen molar-refractivity contribution in [2.45, 2.75) is 32.7 Å². The summed E-state index contributed by atoms with van der Waals surface area (Å²) in [7, 11) is 2.87. The summed E-state index contributed by atoms with van der Waals surface area (Å²) in [5.74, 6) is 0.463. The second kappa shape index (κ2) is 8.00. The number of methoxy groups -OCH3 is 2. The SMILES string of the molecule is COC(=O)c1[nH]c2cccc(OC)c2c1NC(=O)[C@H](C)N1CCC[C@H](C)C1. The molecule has 0 aliphatic carbocycles. The summed E-state index contributed by atoms with van der Waals surface area (Å²) in [5, 5.41) is 3.60. The quantitative estimate of drug-likeness (QED) is 0.787. The predicted molar refractivity (Wildman–Crippen MR) is 104 cm³/mol. The van der Waals surface area contributed by atoms with E-state index in [0.717, 1.165) is 19.5 Å². The van der Waals surface area contributed by atoms with Crippen LogP contribution >= 0.6 is 0 Å². The number of nitrogens with one attached hydrogen (secondary N) is 2. The first kappa shape index (κ1) is 19.2. The number of nitrogens with zero attached hydrogens (tertiary/aromatic N) is 1. The number of aromatic amines is 1. The van der Waals surface area contributed by atoms with E-state index >= 15 is 0 Å². The number of hydrogen-bond acceptors (Lipinski definition) is 5. The van der Waals surface area contributed by atoms with E-state index in [-0.39, 0.29) is 17.6 Å². The molecule has 3 rings (SSSR count). The molecule has 2 aromatic rings. The molecule has 7 heteroatoms. The first-order valence-corrected chi connectivity index (χ1v) is 9.28. The summed E-state index contributed by atoms with van der Waals surface area (Å²) < 4.78 is 10.3. The molecule has 1 aromatic carbocycles. The van der Waals surface area contributed by atoms with Gasteiger partial charge in [-0.05, 0) is 44.4 Å². The average Bonchev–Trinajstić information content (AvgIpc) is 3.05. The molecular formula is C20H27N3O4. The van der Waals surface area contributed by atoms with E-state index in [4.69, 9.17) is 9.47 Å². The molecule has 0 saturated carbocycles. The molecule has 2 N–H and O–H groups in total. The van der Waals surface area contributed by atoms with E-state index in [1.165, 1.54) is 13.5 Å². The van der Waals surface area contributed by atoms with Gasteiger partial charge < -0.3 is 19.8 Å². The fourth-order valence-electron chi connectivity index (χ4n) is 3.74. The highest BCUT2D eigenvalue weighted by Gasteiger charge is 2.28. The third-order valence-electron chi connectivity index (χ3n) is 5.26. The number of likely N-dealkylation sites (tertiary alicyclic amines) is 1. The summed E-state index contributed by atoms with van der Waals surface area (Å²) in [6.45, 7) is 5.91. The van der Waals surface area contributed by atoms with Crippen molar-refractivity contribution < 1.29 is 19.1 Å². The highest BCUT2D eigenvalue weighted by atomic mass is 16.5. The topological polar surface area (TPSA) is 83.7 Å². The van der Waals surface area contributed by atoms with E-state index in [9.17, 15) is 9.59 Å². The number of H-pyrrole nitrogens is 1. The first-order valence-electron chi connectivity index (χ1n) is 9.28. The van der Waals surface area contributed by atoms with Crippen molar-refractivity contribution in [3.63, 3.8) is 0 Å². The molecule has 1 aliphatic heterocycles. The molecule has 1 saturated heterocycles. The molecule has 146 valence electrons. The maximum atomic E-state index is 13.0. The number of amides is 1. The molecule has 27 heavy (non-hydrogen) atoms. The van der Waals surface area contributed by atoms with Crippen LogP contribution < -0.4 is 10.1 Å². The number of piperidine rings is 1. The summed E-state index contributed by atoms with van der Waals surface area (Å²) in [6, 6.07) is 5.15. The van der Waals surface area contributed by atoms with Crippen molar-refractivity contribution in [1.82, 2.24) is 9.88 Å². The molecule has 0 bridgehead atoms. The van der Waals surface area contributed by atoms with Gasteiger partial charge in [-0.1, -0.05) is 13.0 Å². The van der Waals surface area contributed by atoms with Gasteiger partial charge in [-0.15, -0.1) is 0 Å². The number of anilines is 1. The number of esters is 1. The monoisotopic (exact) mass is 373 g/mol. The maximum Gasteiger partial charge on any atom is 0.356 e. The number of benzene rings is 1. The smallest absolute Gasteiger partial charge is 0.356 e. The fraction of sp³-hybridized carbons (Fsp3) is 0.500. The normalized spacial score (nSPS) is 18.9. The Morgan fingerprint density at radius 3 is 2.78 bits per heavy atom. The van der Waals surface area contributed by atoms with E-state index in [1.807, 2.05) is 19.1 Å². The van der Waals surface area contributed by atoms with Gasteiger partial charge >= 0.3 is 5.97 Å². The van der Waals surface area contributed by atoms with E-state index in [1.54, 1.807) is 13.2 Å². The van der Waals surface area contributed by atoms with Crippen LogP contribution in [0.3, 0.4) is 0 Å². The minimum absolute atomic E-state index is 0.152. The van der Waals surface area contributed by atoms with Crippen LogP contribution in [0.15, 0.2) is 18.2 Å². The lowest BCUT2D eigenvalue weighted by molar-refractivity contribution is -0.121. The second-order valence-electron chi connectivity index (χ2n) is 7.16. The third-order valence-corrected chi connectivity index (χ3v) is 5.26. The maximum absolute atomic E-state index is 13.0. The summed E-state index contributed by atoms with van der Waals surface area (Å²) in [5.41, 5.74) is 1.31. The van der Waals surface area contributed by atoms with Gasteiger partial charge in [0.25, 0.3) is 0 Å². The molecule has 1 amide bonds. The minimum Gasteiger partial charge on any atom is -0.496 e. The standard InChI is InChI=1S/C20H27N3O4/c1-12-7-6-10-23(11-12)13(2)19(24)22-17-16-14(8-5-9-15(16)26-3)21-18(17)20(25)27-4/h5,8-9,12-13,21H,6-7,10-11H2,1-4H3,(H,22,24)/t12-,13-/m0/s1. The minimum atomic E-state index is -0.539. The molecule has 1 fully saturated rings. The van der Waals surface area contributed by atoms with Crippen molar-refractivity contribution in [3.8, 4) is 5.75 Å². The van der Waals surface area contributed by atoms with E-state index in [0.29, 0.717) is 28.3 Å². The fourth-order valence-corrected chi connectivity index (χ4v) is 3.74. The largest absolute Gasteiger partial charge is 0.496 e. The molecule has 2 heterocycles. The number of carbonyl (C=O) groups is 2. The summed E-state index contributed by atoms with van der Waals surface area (Å²) in [4.78, 5) is 30.4. The van der Waals surface area contributed by atoms with Gasteiger partial charge in [0, 0.05) is 6.54 Å². The van der Waals surface area contributed by atoms with Crippen LogP contribution in [0.5, 0.6) is 5.75 Å². The van der Waals surface area contributed by atoms with Crippen molar-refractivity contribution in [2.75, 3.05) is 32.6 Å². The molecule has 0 radical (unpaired) electrons. The lowest BCUT2D eigenvalue weighted by atomic mass is 9.99. The average molecular weight is 373 g/mol. The number of hydrogen-bond donors (Lipinski definition) is 2. The Bertz CT molecular complexity index is 845. The van der Waals surface area contributed by atoms with Gasteiger partial charge in [0.05, 0.1) is 36.9 Å². The Morgan fingerprint density at radius 2 is 2.11 bits per heavy atom. The van der Waals surface area contributed by atoms with Crippen LogP contribution in [0.25, 0.3) is 10.9 Å². The van der Waals surface area contributed by atoms with Crippen molar-refractivity contribution in [1.29, 1.82) is 0 Å². The Morgan fingerprint density at radius 1 is 1.33 bits per heavy atom. The van der Waals surface area contributed by atoms with Crippen LogP contribution in [0.4, 0.5) is 5.69 Å². The van der Waals surface area contributed by atoms with Gasteiger partial charge in [0.1, 0.15) is 11.4 Å². The summed E-state index contributed by atoms with van der Waals surface area (Å²) in [6.07, 6.45) is 2.28. The lowest BCUT2D eigenvalue weighted by Crippen LogP contribution is -2.46. The number of aromatic nitrogens is 1. The van der Waals surface area contributed by atoms with Crippen molar-refractivity contribution >= 4 is 28.5 Å². The first-order chi connectivity index (χ1) is 13.0. The highest BCUT2D eigenvalue weighted by molar-refractivity contribution is 6.13. The summed E-state index contributed by atoms with van der Waals surface area (Å²) >= 11 is 0. The number of rotatable bonds is 5. The van der Waals surface area contributed by atoms with Gasteiger partial charge in [0.2, 0.25) is 5.91 Å². The van der Waals surface area contributed by atoms with Crippen LogP contribution in [0.1, 0.15) is 37.2 Å². The molecule has 0 unspecified atom stereocenters. The van der Waals surface area contributed by atoms with Crippen molar-refractivity contribution in [2.24, 2.45) is 5.92 Å². The zero-order chi connectivity index (χ0) is 19.6. The number of ether oxygens (including phenoxy) is 2. The van der Waals surface area contributed by atoms with Gasteiger partial charge in [0.15, 0.2) is 0 Å². The molecule has 1 aromatic heterocycles. The Balaban J connectivity index is 1.94. The van der Waals surface area contributed by atoms with Crippen LogP contribution in [0.2, 0.25) is 0 Å². The van der Waals surface area contributed by atoms with Gasteiger partial charge in [-0.2, -0.15) is 0 Å². The Hall–Kier alpha value is -2.54. The van der Waals surface area contributed by atoms with E-state index in [2.05, 4.69) is 22.1 Å². The number of fused-ring (bicyclic) bond motifs is 1.